The van der Waals surface area contributed by atoms with Crippen LogP contribution >= 0.6 is 0 Å². The first-order valence-corrected chi connectivity index (χ1v) is 10.6. The minimum absolute atomic E-state index is 0.00974. The molecule has 0 atom stereocenters. The minimum Gasteiger partial charge on any atom is -0.391 e. The Hall–Kier alpha value is -3.33. The number of carbonyl (C=O) groups is 1. The van der Waals surface area contributed by atoms with Crippen LogP contribution in [0.5, 0.6) is 0 Å². The molecule has 0 N–H and O–H groups in total. The lowest BCUT2D eigenvalue weighted by molar-refractivity contribution is -0.118. The fourth-order valence-electron chi connectivity index (χ4n) is 4.13. The van der Waals surface area contributed by atoms with E-state index in [1.807, 2.05) is 48.5 Å². The number of hydrogen-bond acceptors (Lipinski definition) is 4. The van der Waals surface area contributed by atoms with Gasteiger partial charge in [-0.1, -0.05) is 60.9 Å². The number of fused-ring (bicyclic) bond motifs is 1. The fraction of sp³-hybridized carbons (Fsp3) is 0.375. The SMILES string of the molecule is N#CCN(C(=O)CCC1CCCC1)c1ccc2c(cnn2OCc2ccccc2)c1. The molecule has 1 aromatic heterocycles. The number of aromatic nitrogens is 2. The van der Waals surface area contributed by atoms with Crippen LogP contribution < -0.4 is 9.74 Å². The van der Waals surface area contributed by atoms with E-state index in [0.717, 1.165) is 28.6 Å². The molecule has 3 aromatic rings. The van der Waals surface area contributed by atoms with Gasteiger partial charge < -0.3 is 4.84 Å². The Labute approximate surface area is 176 Å². The molecule has 4 rings (SSSR count). The highest BCUT2D eigenvalue weighted by Gasteiger charge is 2.20. The van der Waals surface area contributed by atoms with Gasteiger partial charge >= 0.3 is 0 Å². The van der Waals surface area contributed by atoms with Crippen molar-refractivity contribution in [2.75, 3.05) is 11.4 Å². The van der Waals surface area contributed by atoms with Crippen LogP contribution in [0.15, 0.2) is 54.7 Å². The van der Waals surface area contributed by atoms with Crippen molar-refractivity contribution in [3.63, 3.8) is 0 Å². The number of carbonyl (C=O) groups excluding carboxylic acids is 1. The normalized spacial score (nSPS) is 14.0. The molecule has 0 radical (unpaired) electrons. The first kappa shape index (κ1) is 20.0. The second kappa shape index (κ2) is 9.45. The number of rotatable bonds is 8. The summed E-state index contributed by atoms with van der Waals surface area (Å²) in [5.41, 5.74) is 2.61. The van der Waals surface area contributed by atoms with Crippen molar-refractivity contribution in [2.24, 2.45) is 5.92 Å². The molecule has 1 aliphatic rings. The maximum atomic E-state index is 12.8. The molecule has 6 heteroatoms. The molecule has 1 heterocycles. The van der Waals surface area contributed by atoms with Crippen molar-refractivity contribution in [3.05, 3.63) is 60.3 Å². The summed E-state index contributed by atoms with van der Waals surface area (Å²) in [5.74, 6) is 0.663. The zero-order chi connectivity index (χ0) is 20.8. The average Bonchev–Trinajstić information content (AvgIpc) is 3.44. The van der Waals surface area contributed by atoms with Crippen LogP contribution in [-0.2, 0) is 11.4 Å². The van der Waals surface area contributed by atoms with Gasteiger partial charge in [0.05, 0.1) is 12.3 Å². The van der Waals surface area contributed by atoms with Crippen molar-refractivity contribution in [3.8, 4) is 6.07 Å². The molecule has 1 fully saturated rings. The quantitative estimate of drug-likeness (QED) is 0.521. The van der Waals surface area contributed by atoms with Crippen LogP contribution in [-0.4, -0.2) is 22.4 Å². The zero-order valence-corrected chi connectivity index (χ0v) is 17.0. The van der Waals surface area contributed by atoms with Crippen molar-refractivity contribution in [1.82, 2.24) is 9.94 Å². The molecule has 6 nitrogen and oxygen atoms in total. The van der Waals surface area contributed by atoms with E-state index >= 15 is 0 Å². The Bertz CT molecular complexity index is 1030. The molecule has 1 saturated carbocycles. The molecule has 154 valence electrons. The summed E-state index contributed by atoms with van der Waals surface area (Å²) in [5, 5.41) is 14.4. The number of benzene rings is 2. The lowest BCUT2D eigenvalue weighted by atomic mass is 10.0. The van der Waals surface area contributed by atoms with Crippen LogP contribution in [0.4, 0.5) is 5.69 Å². The summed E-state index contributed by atoms with van der Waals surface area (Å²) < 4.78 is 0. The second-order valence-corrected chi connectivity index (χ2v) is 7.85. The Morgan fingerprint density at radius 3 is 2.77 bits per heavy atom. The third-order valence-electron chi connectivity index (χ3n) is 5.80. The molecular formula is C24H26N4O2. The van der Waals surface area contributed by atoms with E-state index in [0.29, 0.717) is 18.9 Å². The highest BCUT2D eigenvalue weighted by Crippen LogP contribution is 2.29. The van der Waals surface area contributed by atoms with Gasteiger partial charge in [-0.05, 0) is 36.1 Å². The van der Waals surface area contributed by atoms with Crippen molar-refractivity contribution < 1.29 is 9.63 Å². The average molecular weight is 402 g/mol. The van der Waals surface area contributed by atoms with Crippen LogP contribution in [0.1, 0.15) is 44.1 Å². The van der Waals surface area contributed by atoms with E-state index in [1.54, 1.807) is 11.1 Å². The summed E-state index contributed by atoms with van der Waals surface area (Å²) in [7, 11) is 0. The standard InChI is InChI=1S/C24H26N4O2/c25-14-15-27(24(29)13-10-19-6-4-5-7-19)22-11-12-23-21(16-22)17-26-28(23)30-18-20-8-2-1-3-9-20/h1-3,8-9,11-12,16-17,19H,4-7,10,13,15,18H2. The summed E-state index contributed by atoms with van der Waals surface area (Å²) in [6, 6.07) is 17.7. The molecule has 0 aliphatic heterocycles. The van der Waals surface area contributed by atoms with Crippen molar-refractivity contribution in [1.29, 1.82) is 5.26 Å². The number of amides is 1. The maximum Gasteiger partial charge on any atom is 0.227 e. The van der Waals surface area contributed by atoms with Gasteiger partial charge in [0.15, 0.2) is 0 Å². The summed E-state index contributed by atoms with van der Waals surface area (Å²) in [4.78, 5) is 21.7. The maximum absolute atomic E-state index is 12.8. The number of nitriles is 1. The molecular weight excluding hydrogens is 376 g/mol. The Balaban J connectivity index is 1.46. The van der Waals surface area contributed by atoms with Gasteiger partial charge in [0.2, 0.25) is 5.91 Å². The van der Waals surface area contributed by atoms with Gasteiger partial charge in [0, 0.05) is 17.5 Å². The molecule has 30 heavy (non-hydrogen) atoms. The van der Waals surface area contributed by atoms with E-state index in [4.69, 9.17) is 4.84 Å². The third kappa shape index (κ3) is 4.62. The van der Waals surface area contributed by atoms with Crippen molar-refractivity contribution >= 4 is 22.5 Å². The fourth-order valence-corrected chi connectivity index (χ4v) is 4.13. The second-order valence-electron chi connectivity index (χ2n) is 7.85. The van der Waals surface area contributed by atoms with Gasteiger partial charge in [-0.3, -0.25) is 9.69 Å². The first-order chi connectivity index (χ1) is 14.7. The highest BCUT2D eigenvalue weighted by molar-refractivity contribution is 5.96. The van der Waals surface area contributed by atoms with Crippen LogP contribution in [0.2, 0.25) is 0 Å². The monoisotopic (exact) mass is 402 g/mol. The highest BCUT2D eigenvalue weighted by atomic mass is 16.7. The van der Waals surface area contributed by atoms with Crippen LogP contribution in [0.3, 0.4) is 0 Å². The lowest BCUT2D eigenvalue weighted by Gasteiger charge is -2.21. The van der Waals surface area contributed by atoms with E-state index in [2.05, 4.69) is 11.2 Å². The zero-order valence-electron chi connectivity index (χ0n) is 17.0. The lowest BCUT2D eigenvalue weighted by Crippen LogP contribution is -2.31. The predicted octanol–water partition coefficient (Wildman–Crippen LogP) is 4.49. The van der Waals surface area contributed by atoms with Gasteiger partial charge in [-0.15, -0.1) is 5.10 Å². The molecule has 1 aliphatic carbocycles. The Morgan fingerprint density at radius 1 is 1.20 bits per heavy atom. The van der Waals surface area contributed by atoms with Gasteiger partial charge in [-0.25, -0.2) is 0 Å². The Kier molecular flexibility index (Phi) is 6.29. The number of hydrogen-bond donors (Lipinski definition) is 0. The van der Waals surface area contributed by atoms with Crippen molar-refractivity contribution in [2.45, 2.75) is 45.1 Å². The molecule has 0 saturated heterocycles. The Morgan fingerprint density at radius 2 is 2.00 bits per heavy atom. The van der Waals surface area contributed by atoms with Crippen LogP contribution in [0, 0.1) is 17.2 Å². The van der Waals surface area contributed by atoms with Crippen LogP contribution in [0.25, 0.3) is 10.9 Å². The van der Waals surface area contributed by atoms with E-state index in [9.17, 15) is 10.1 Å². The molecule has 0 spiro atoms. The molecule has 1 amide bonds. The number of anilines is 1. The van der Waals surface area contributed by atoms with Gasteiger partial charge in [0.25, 0.3) is 0 Å². The van der Waals surface area contributed by atoms with E-state index < -0.39 is 0 Å². The van der Waals surface area contributed by atoms with Gasteiger partial charge in [-0.2, -0.15) is 5.26 Å². The smallest absolute Gasteiger partial charge is 0.227 e. The first-order valence-electron chi connectivity index (χ1n) is 10.6. The third-order valence-corrected chi connectivity index (χ3v) is 5.80. The summed E-state index contributed by atoms with van der Waals surface area (Å²) in [6.45, 7) is 0.466. The molecule has 2 aromatic carbocycles. The molecule has 0 bridgehead atoms. The minimum atomic E-state index is 0.00974. The summed E-state index contributed by atoms with van der Waals surface area (Å²) in [6.07, 6.45) is 8.11. The topological polar surface area (TPSA) is 71.2 Å². The van der Waals surface area contributed by atoms with E-state index in [-0.39, 0.29) is 12.5 Å². The molecule has 0 unspecified atom stereocenters. The summed E-state index contributed by atoms with van der Waals surface area (Å²) >= 11 is 0. The van der Waals surface area contributed by atoms with Gasteiger partial charge in [0.1, 0.15) is 18.7 Å². The largest absolute Gasteiger partial charge is 0.391 e. The predicted molar refractivity (Wildman–Crippen MR) is 116 cm³/mol. The van der Waals surface area contributed by atoms with E-state index in [1.165, 1.54) is 30.5 Å². The number of nitrogens with zero attached hydrogens (tertiary/aromatic N) is 4.